The lowest BCUT2D eigenvalue weighted by Crippen LogP contribution is -2.38. The summed E-state index contributed by atoms with van der Waals surface area (Å²) < 4.78 is 31.2. The van der Waals surface area contributed by atoms with Crippen LogP contribution in [0, 0.1) is 13.8 Å². The second kappa shape index (κ2) is 18.0. The van der Waals surface area contributed by atoms with Crippen LogP contribution in [-0.4, -0.2) is 50.1 Å². The molecule has 1 aliphatic carbocycles. The summed E-state index contributed by atoms with van der Waals surface area (Å²) in [5.41, 5.74) is 6.30. The molecular weight excluding hydrogens is 799 g/mol. The van der Waals surface area contributed by atoms with Gasteiger partial charge in [0.2, 0.25) is 0 Å². The Bertz CT molecular complexity index is 2320. The molecule has 0 bridgehead atoms. The molecule has 2 aromatic heterocycles. The first-order valence-electron chi connectivity index (χ1n) is 18.7. The first-order chi connectivity index (χ1) is 27.7. The summed E-state index contributed by atoms with van der Waals surface area (Å²) in [6, 6.07) is 25.9. The molecule has 0 spiro atoms. The maximum atomic E-state index is 7.33. The second-order valence-corrected chi connectivity index (χ2v) is 15.8. The third kappa shape index (κ3) is 8.04. The fourth-order valence-corrected chi connectivity index (χ4v) is 9.53. The smallest absolute Gasteiger partial charge is 0.157 e. The Morgan fingerprint density at radius 2 is 1.42 bits per heavy atom. The van der Waals surface area contributed by atoms with Crippen molar-refractivity contribution in [3.8, 4) is 28.4 Å². The molecule has 0 saturated heterocycles. The first kappa shape index (κ1) is 40.8. The van der Waals surface area contributed by atoms with Crippen molar-refractivity contribution in [3.63, 3.8) is 0 Å². The minimum Gasteiger partial charge on any atom is -0.497 e. The highest BCUT2D eigenvalue weighted by Crippen LogP contribution is 2.52. The van der Waals surface area contributed by atoms with Gasteiger partial charge in [-0.05, 0) is 96.3 Å². The van der Waals surface area contributed by atoms with Crippen molar-refractivity contribution in [1.82, 2.24) is 9.97 Å². The number of thiophene rings is 1. The Morgan fingerprint density at radius 3 is 1.98 bits per heavy atom. The SMILES string of the molecule is C=CCOCC(COC(c1ccccc1)(c1ccc(OC)cc1)c1ccc(OC)cc1)Oc1c(Cl)c(C)c(-c2c(C3=CCCC3)sc3ncnc(Cl)c23)c(C)c1Cl. The molecule has 0 amide bonds. The van der Waals surface area contributed by atoms with E-state index in [4.69, 9.17) is 58.5 Å². The van der Waals surface area contributed by atoms with Gasteiger partial charge in [-0.2, -0.15) is 0 Å². The van der Waals surface area contributed by atoms with Gasteiger partial charge in [-0.15, -0.1) is 17.9 Å². The van der Waals surface area contributed by atoms with Gasteiger partial charge in [-0.1, -0.05) is 102 Å². The Kier molecular flexibility index (Phi) is 12.9. The number of rotatable bonds is 16. The molecular formula is C46H43Cl3N2O5S. The molecule has 57 heavy (non-hydrogen) atoms. The number of hydrogen-bond acceptors (Lipinski definition) is 8. The summed E-state index contributed by atoms with van der Waals surface area (Å²) in [5, 5.41) is 1.94. The van der Waals surface area contributed by atoms with Crippen LogP contribution in [-0.2, 0) is 15.1 Å². The molecule has 0 N–H and O–H groups in total. The van der Waals surface area contributed by atoms with Crippen molar-refractivity contribution in [2.24, 2.45) is 0 Å². The number of methoxy groups -OCH3 is 2. The van der Waals surface area contributed by atoms with Crippen LogP contribution in [0.2, 0.25) is 15.2 Å². The predicted octanol–water partition coefficient (Wildman–Crippen LogP) is 12.5. The highest BCUT2D eigenvalue weighted by atomic mass is 35.5. The molecule has 0 radical (unpaired) electrons. The van der Waals surface area contributed by atoms with E-state index in [2.05, 4.69) is 34.8 Å². The van der Waals surface area contributed by atoms with Crippen molar-refractivity contribution in [1.29, 1.82) is 0 Å². The van der Waals surface area contributed by atoms with E-state index < -0.39 is 11.7 Å². The molecule has 4 aromatic carbocycles. The zero-order valence-corrected chi connectivity index (χ0v) is 35.3. The van der Waals surface area contributed by atoms with E-state index in [0.717, 1.165) is 84.8 Å². The van der Waals surface area contributed by atoms with E-state index in [-0.39, 0.29) is 13.2 Å². The average Bonchev–Trinajstić information content (AvgIpc) is 3.92. The van der Waals surface area contributed by atoms with Crippen LogP contribution in [0.3, 0.4) is 0 Å². The number of nitrogens with zero attached hydrogens (tertiary/aromatic N) is 2. The van der Waals surface area contributed by atoms with Crippen LogP contribution >= 0.6 is 46.1 Å². The largest absolute Gasteiger partial charge is 0.497 e. The number of ether oxygens (including phenoxy) is 5. The van der Waals surface area contributed by atoms with Gasteiger partial charge in [-0.25, -0.2) is 9.97 Å². The summed E-state index contributed by atoms with van der Waals surface area (Å²) in [4.78, 5) is 10.9. The summed E-state index contributed by atoms with van der Waals surface area (Å²) in [7, 11) is 3.30. The van der Waals surface area contributed by atoms with E-state index in [0.29, 0.717) is 27.6 Å². The lowest BCUT2D eigenvalue weighted by Gasteiger charge is -2.37. The van der Waals surface area contributed by atoms with Gasteiger partial charge >= 0.3 is 0 Å². The maximum absolute atomic E-state index is 7.33. The third-order valence-corrected chi connectivity index (χ3v) is 12.7. The van der Waals surface area contributed by atoms with E-state index >= 15 is 0 Å². The van der Waals surface area contributed by atoms with Crippen LogP contribution in [0.1, 0.15) is 52.0 Å². The molecule has 1 aliphatic rings. The van der Waals surface area contributed by atoms with Crippen LogP contribution < -0.4 is 14.2 Å². The van der Waals surface area contributed by atoms with Gasteiger partial charge < -0.3 is 23.7 Å². The topological polar surface area (TPSA) is 71.9 Å². The third-order valence-electron chi connectivity index (χ3n) is 10.3. The van der Waals surface area contributed by atoms with Crippen molar-refractivity contribution in [3.05, 3.63) is 152 Å². The summed E-state index contributed by atoms with van der Waals surface area (Å²) >= 11 is 23.1. The van der Waals surface area contributed by atoms with Crippen molar-refractivity contribution in [2.45, 2.75) is 44.8 Å². The maximum Gasteiger partial charge on any atom is 0.157 e. The van der Waals surface area contributed by atoms with E-state index in [1.807, 2.05) is 80.6 Å². The minimum absolute atomic E-state index is 0.0804. The lowest BCUT2D eigenvalue weighted by molar-refractivity contribution is -0.0523. The number of fused-ring (bicyclic) bond motifs is 1. The Morgan fingerprint density at radius 1 is 0.807 bits per heavy atom. The number of allylic oxidation sites excluding steroid dienone is 2. The molecule has 7 rings (SSSR count). The van der Waals surface area contributed by atoms with Crippen LogP contribution in [0.4, 0.5) is 0 Å². The predicted molar refractivity (Wildman–Crippen MR) is 233 cm³/mol. The van der Waals surface area contributed by atoms with Gasteiger partial charge in [0.25, 0.3) is 0 Å². The molecule has 1 atom stereocenters. The summed E-state index contributed by atoms with van der Waals surface area (Å²) in [6.45, 7) is 8.36. The summed E-state index contributed by atoms with van der Waals surface area (Å²) in [5.74, 6) is 1.80. The van der Waals surface area contributed by atoms with E-state index in [1.54, 1.807) is 31.6 Å². The van der Waals surface area contributed by atoms with Crippen molar-refractivity contribution < 1.29 is 23.7 Å². The first-order valence-corrected chi connectivity index (χ1v) is 20.6. The number of hydrogen-bond donors (Lipinski definition) is 0. The van der Waals surface area contributed by atoms with Gasteiger partial charge in [0.1, 0.15) is 39.5 Å². The molecule has 1 unspecified atom stereocenters. The monoisotopic (exact) mass is 840 g/mol. The Balaban J connectivity index is 1.32. The molecule has 0 fully saturated rings. The highest BCUT2D eigenvalue weighted by Gasteiger charge is 2.39. The Hall–Kier alpha value is -4.41. The van der Waals surface area contributed by atoms with Gasteiger partial charge in [0, 0.05) is 10.4 Å². The van der Waals surface area contributed by atoms with Crippen LogP contribution in [0.25, 0.3) is 26.9 Å². The van der Waals surface area contributed by atoms with Crippen LogP contribution in [0.5, 0.6) is 17.2 Å². The number of halogens is 3. The van der Waals surface area contributed by atoms with Gasteiger partial charge in [0.15, 0.2) is 5.75 Å². The normalized spacial score (nSPS) is 13.4. The van der Waals surface area contributed by atoms with Crippen molar-refractivity contribution >= 4 is 61.9 Å². The standard InChI is InChI=1S/C46H43Cl3N2O5S/c1-6-24-54-25-36(26-55-46(31-14-8-7-9-15-31,32-16-20-34(52-4)21-17-32)33-18-22-35(53-5)23-19-33)56-42-40(47)28(2)37(29(3)41(42)48)38-39-44(49)50-27-51-45(39)57-43(38)30-12-10-11-13-30/h6-9,12,14-23,27,36H,1,10-11,13,24-26H2,2-5H3. The van der Waals surface area contributed by atoms with Crippen LogP contribution in [0.15, 0.2) is 104 Å². The summed E-state index contributed by atoms with van der Waals surface area (Å²) in [6.07, 6.45) is 7.91. The second-order valence-electron chi connectivity index (χ2n) is 13.7. The molecule has 11 heteroatoms. The molecule has 2 heterocycles. The molecule has 294 valence electrons. The average molecular weight is 842 g/mol. The fourth-order valence-electron chi connectivity index (χ4n) is 7.51. The van der Waals surface area contributed by atoms with E-state index in [1.165, 1.54) is 11.9 Å². The lowest BCUT2D eigenvalue weighted by atomic mass is 9.80. The minimum atomic E-state index is -1.09. The highest BCUT2D eigenvalue weighted by molar-refractivity contribution is 7.20. The fraction of sp³-hybridized carbons (Fsp3) is 0.261. The number of benzene rings is 4. The quantitative estimate of drug-likeness (QED) is 0.0416. The Labute approximate surface area is 352 Å². The van der Waals surface area contributed by atoms with Gasteiger partial charge in [-0.3, -0.25) is 0 Å². The molecule has 6 aromatic rings. The molecule has 0 saturated carbocycles. The number of aromatic nitrogens is 2. The van der Waals surface area contributed by atoms with Crippen molar-refractivity contribution in [2.75, 3.05) is 34.0 Å². The molecule has 7 nitrogen and oxygen atoms in total. The van der Waals surface area contributed by atoms with Gasteiger partial charge in [0.05, 0.1) is 49.5 Å². The van der Waals surface area contributed by atoms with E-state index in [9.17, 15) is 0 Å². The zero-order valence-electron chi connectivity index (χ0n) is 32.2. The molecule has 0 aliphatic heterocycles. The zero-order chi connectivity index (χ0) is 40.1.